The molecule has 1 unspecified atom stereocenters. The highest BCUT2D eigenvalue weighted by molar-refractivity contribution is 6.32. The van der Waals surface area contributed by atoms with Gasteiger partial charge in [0.15, 0.2) is 0 Å². The van der Waals surface area contributed by atoms with Crippen LogP contribution in [0.15, 0.2) is 18.2 Å². The lowest BCUT2D eigenvalue weighted by Crippen LogP contribution is -2.31. The standard InChI is InChI=1S/C11H13ClO4/c1-11(2,10(15)16)9(14)6-3-4-8(13)7(12)5-6/h3-5,9,13-14H,1-2H3,(H,15,16). The van der Waals surface area contributed by atoms with E-state index < -0.39 is 17.5 Å². The van der Waals surface area contributed by atoms with E-state index in [1.807, 2.05) is 0 Å². The number of aliphatic carboxylic acids is 1. The van der Waals surface area contributed by atoms with Gasteiger partial charge in [0.25, 0.3) is 0 Å². The number of aromatic hydroxyl groups is 1. The Morgan fingerprint density at radius 3 is 2.44 bits per heavy atom. The molecule has 0 aliphatic heterocycles. The fourth-order valence-electron chi connectivity index (χ4n) is 1.23. The number of hydrogen-bond acceptors (Lipinski definition) is 3. The quantitative estimate of drug-likeness (QED) is 0.762. The fraction of sp³-hybridized carbons (Fsp3) is 0.364. The lowest BCUT2D eigenvalue weighted by atomic mass is 9.83. The number of halogens is 1. The van der Waals surface area contributed by atoms with Gasteiger partial charge in [-0.3, -0.25) is 4.79 Å². The van der Waals surface area contributed by atoms with Crippen molar-refractivity contribution in [3.05, 3.63) is 28.8 Å². The maximum Gasteiger partial charge on any atom is 0.312 e. The van der Waals surface area contributed by atoms with Crippen LogP contribution in [0, 0.1) is 5.41 Å². The summed E-state index contributed by atoms with van der Waals surface area (Å²) in [5.74, 6) is -1.21. The third-order valence-electron chi connectivity index (χ3n) is 2.52. The molecule has 0 aromatic heterocycles. The molecule has 0 spiro atoms. The summed E-state index contributed by atoms with van der Waals surface area (Å²) in [7, 11) is 0. The molecule has 1 aromatic carbocycles. The maximum atomic E-state index is 10.9. The van der Waals surface area contributed by atoms with Crippen LogP contribution in [-0.2, 0) is 4.79 Å². The number of phenolic OH excluding ortho intramolecular Hbond substituents is 1. The highest BCUT2D eigenvalue weighted by Crippen LogP contribution is 2.36. The third kappa shape index (κ3) is 2.28. The van der Waals surface area contributed by atoms with E-state index >= 15 is 0 Å². The summed E-state index contributed by atoms with van der Waals surface area (Å²) < 4.78 is 0. The van der Waals surface area contributed by atoms with Crippen LogP contribution in [0.25, 0.3) is 0 Å². The first-order valence-electron chi connectivity index (χ1n) is 4.66. The van der Waals surface area contributed by atoms with E-state index in [-0.39, 0.29) is 10.8 Å². The van der Waals surface area contributed by atoms with Gasteiger partial charge in [0, 0.05) is 0 Å². The topological polar surface area (TPSA) is 77.8 Å². The third-order valence-corrected chi connectivity index (χ3v) is 2.83. The van der Waals surface area contributed by atoms with Crippen LogP contribution in [0.2, 0.25) is 5.02 Å². The van der Waals surface area contributed by atoms with Crippen molar-refractivity contribution in [3.8, 4) is 5.75 Å². The predicted octanol–water partition coefficient (Wildman–Crippen LogP) is 2.19. The van der Waals surface area contributed by atoms with Gasteiger partial charge in [0.1, 0.15) is 5.75 Å². The molecule has 0 bridgehead atoms. The van der Waals surface area contributed by atoms with Crippen LogP contribution in [0.3, 0.4) is 0 Å². The molecule has 0 fully saturated rings. The largest absolute Gasteiger partial charge is 0.506 e. The second-order valence-corrected chi connectivity index (χ2v) is 4.55. The molecule has 0 radical (unpaired) electrons. The van der Waals surface area contributed by atoms with Crippen molar-refractivity contribution in [1.29, 1.82) is 0 Å². The van der Waals surface area contributed by atoms with E-state index in [0.29, 0.717) is 5.56 Å². The van der Waals surface area contributed by atoms with Gasteiger partial charge in [-0.15, -0.1) is 0 Å². The number of phenols is 1. The molecule has 0 amide bonds. The van der Waals surface area contributed by atoms with E-state index in [1.54, 1.807) is 0 Å². The molecule has 0 aliphatic rings. The van der Waals surface area contributed by atoms with Gasteiger partial charge in [-0.2, -0.15) is 0 Å². The molecule has 1 atom stereocenters. The van der Waals surface area contributed by atoms with Crippen molar-refractivity contribution in [1.82, 2.24) is 0 Å². The maximum absolute atomic E-state index is 10.9. The summed E-state index contributed by atoms with van der Waals surface area (Å²) in [5, 5.41) is 28.2. The molecule has 0 saturated carbocycles. The Morgan fingerprint density at radius 1 is 1.44 bits per heavy atom. The molecule has 88 valence electrons. The van der Waals surface area contributed by atoms with Crippen LogP contribution in [0.4, 0.5) is 0 Å². The molecule has 3 N–H and O–H groups in total. The number of aliphatic hydroxyl groups excluding tert-OH is 1. The minimum Gasteiger partial charge on any atom is -0.506 e. The highest BCUT2D eigenvalue weighted by atomic mass is 35.5. The van der Waals surface area contributed by atoms with Crippen molar-refractivity contribution < 1.29 is 20.1 Å². The van der Waals surface area contributed by atoms with Crippen LogP contribution >= 0.6 is 11.6 Å². The second kappa shape index (κ2) is 4.31. The molecule has 1 aromatic rings. The van der Waals surface area contributed by atoms with Gasteiger partial charge >= 0.3 is 5.97 Å². The van der Waals surface area contributed by atoms with Crippen LogP contribution in [0.1, 0.15) is 25.5 Å². The summed E-state index contributed by atoms with van der Waals surface area (Å²) >= 11 is 5.68. The SMILES string of the molecule is CC(C)(C(=O)O)C(O)c1ccc(O)c(Cl)c1. The lowest BCUT2D eigenvalue weighted by molar-refractivity contribution is -0.153. The van der Waals surface area contributed by atoms with Gasteiger partial charge in [0.05, 0.1) is 16.5 Å². The first-order chi connectivity index (χ1) is 7.26. The summed E-state index contributed by atoms with van der Waals surface area (Å²) in [6, 6.07) is 4.11. The van der Waals surface area contributed by atoms with Gasteiger partial charge in [-0.1, -0.05) is 17.7 Å². The Hall–Kier alpha value is -1.26. The van der Waals surface area contributed by atoms with E-state index in [4.69, 9.17) is 16.7 Å². The van der Waals surface area contributed by atoms with E-state index in [0.717, 1.165) is 0 Å². The minimum absolute atomic E-state index is 0.0812. The number of benzene rings is 1. The number of carbonyl (C=O) groups is 1. The average Bonchev–Trinajstić information content (AvgIpc) is 2.20. The molecule has 1 rings (SSSR count). The summed E-state index contributed by atoms with van der Waals surface area (Å²) in [5.41, 5.74) is -0.962. The number of rotatable bonds is 3. The molecule has 0 saturated heterocycles. The average molecular weight is 245 g/mol. The second-order valence-electron chi connectivity index (χ2n) is 4.14. The van der Waals surface area contributed by atoms with Gasteiger partial charge in [-0.05, 0) is 31.5 Å². The normalized spacial score (nSPS) is 13.5. The highest BCUT2D eigenvalue weighted by Gasteiger charge is 2.36. The zero-order valence-electron chi connectivity index (χ0n) is 8.94. The van der Waals surface area contributed by atoms with Gasteiger partial charge in [-0.25, -0.2) is 0 Å². The Bertz CT molecular complexity index is 414. The summed E-state index contributed by atoms with van der Waals surface area (Å²) in [6.45, 7) is 2.83. The molecule has 4 nitrogen and oxygen atoms in total. The number of hydrogen-bond donors (Lipinski definition) is 3. The van der Waals surface area contributed by atoms with Crippen LogP contribution < -0.4 is 0 Å². The number of carboxylic acid groups (broad SMARTS) is 1. The minimum atomic E-state index is -1.32. The van der Waals surface area contributed by atoms with Gasteiger partial charge in [0.2, 0.25) is 0 Å². The number of carboxylic acids is 1. The molecular weight excluding hydrogens is 232 g/mol. The molecule has 5 heteroatoms. The molecular formula is C11H13ClO4. The first kappa shape index (κ1) is 12.8. The Kier molecular flexibility index (Phi) is 3.45. The van der Waals surface area contributed by atoms with E-state index in [9.17, 15) is 15.0 Å². The zero-order chi connectivity index (χ0) is 12.5. The monoisotopic (exact) mass is 244 g/mol. The van der Waals surface area contributed by atoms with Crippen molar-refractivity contribution in [2.24, 2.45) is 5.41 Å². The van der Waals surface area contributed by atoms with Crippen LogP contribution in [-0.4, -0.2) is 21.3 Å². The van der Waals surface area contributed by atoms with Crippen molar-refractivity contribution >= 4 is 17.6 Å². The summed E-state index contributed by atoms with van der Waals surface area (Å²) in [4.78, 5) is 10.9. The van der Waals surface area contributed by atoms with Crippen molar-refractivity contribution in [3.63, 3.8) is 0 Å². The smallest absolute Gasteiger partial charge is 0.312 e. The lowest BCUT2D eigenvalue weighted by Gasteiger charge is -2.26. The molecule has 16 heavy (non-hydrogen) atoms. The Labute approximate surface area is 98.1 Å². The van der Waals surface area contributed by atoms with E-state index in [2.05, 4.69) is 0 Å². The Balaban J connectivity index is 3.10. The zero-order valence-corrected chi connectivity index (χ0v) is 9.69. The molecule has 0 aliphatic carbocycles. The fourth-order valence-corrected chi connectivity index (χ4v) is 1.42. The van der Waals surface area contributed by atoms with Crippen molar-refractivity contribution in [2.75, 3.05) is 0 Å². The van der Waals surface area contributed by atoms with Crippen LogP contribution in [0.5, 0.6) is 5.75 Å². The van der Waals surface area contributed by atoms with E-state index in [1.165, 1.54) is 32.0 Å². The Morgan fingerprint density at radius 2 is 2.00 bits per heavy atom. The number of aliphatic hydroxyl groups is 1. The van der Waals surface area contributed by atoms with Crippen molar-refractivity contribution in [2.45, 2.75) is 20.0 Å². The first-order valence-corrected chi connectivity index (χ1v) is 5.04. The summed E-state index contributed by atoms with van der Waals surface area (Å²) in [6.07, 6.45) is -1.19. The predicted molar refractivity (Wildman–Crippen MR) is 59.5 cm³/mol. The molecule has 0 heterocycles. The van der Waals surface area contributed by atoms with Gasteiger partial charge < -0.3 is 15.3 Å².